The van der Waals surface area contributed by atoms with Crippen LogP contribution in [0.2, 0.25) is 0 Å². The Labute approximate surface area is 114 Å². The van der Waals surface area contributed by atoms with E-state index in [1.54, 1.807) is 4.90 Å². The molecule has 2 amide bonds. The Morgan fingerprint density at radius 3 is 2.50 bits per heavy atom. The maximum absolute atomic E-state index is 12.2. The molecule has 1 saturated heterocycles. The van der Waals surface area contributed by atoms with Crippen molar-refractivity contribution in [3.8, 4) is 0 Å². The molecule has 0 aromatic heterocycles. The average Bonchev–Trinajstić information content (AvgIpc) is 2.36. The summed E-state index contributed by atoms with van der Waals surface area (Å²) in [5.74, 6) is 0.0748. The minimum absolute atomic E-state index is 0.0462. The maximum atomic E-state index is 12.2. The van der Waals surface area contributed by atoms with E-state index in [1.165, 1.54) is 6.92 Å². The fourth-order valence-corrected chi connectivity index (χ4v) is 2.38. The Kier molecular flexibility index (Phi) is 6.49. The van der Waals surface area contributed by atoms with E-state index in [9.17, 15) is 9.59 Å². The van der Waals surface area contributed by atoms with E-state index < -0.39 is 6.04 Å². The molecule has 0 spiro atoms. The van der Waals surface area contributed by atoms with E-state index >= 15 is 0 Å². The molecule has 0 aliphatic carbocycles. The van der Waals surface area contributed by atoms with Crippen LogP contribution in [0.1, 0.15) is 26.7 Å². The Morgan fingerprint density at radius 2 is 2.06 bits per heavy atom. The van der Waals surface area contributed by atoms with Crippen LogP contribution in [0.4, 0.5) is 0 Å². The summed E-state index contributed by atoms with van der Waals surface area (Å²) >= 11 is 4.11. The fraction of sp³-hybridized carbons (Fsp3) is 0.833. The number of ether oxygens (including phenoxy) is 1. The van der Waals surface area contributed by atoms with Crippen LogP contribution in [0.15, 0.2) is 0 Å². The summed E-state index contributed by atoms with van der Waals surface area (Å²) in [4.78, 5) is 24.9. The van der Waals surface area contributed by atoms with Crippen molar-refractivity contribution in [2.45, 2.75) is 38.8 Å². The van der Waals surface area contributed by atoms with Crippen molar-refractivity contribution in [1.29, 1.82) is 0 Å². The van der Waals surface area contributed by atoms with Gasteiger partial charge in [-0.05, 0) is 19.8 Å². The summed E-state index contributed by atoms with van der Waals surface area (Å²) in [6.07, 6.45) is 1.98. The summed E-state index contributed by atoms with van der Waals surface area (Å²) in [6.45, 7) is 5.47. The summed E-state index contributed by atoms with van der Waals surface area (Å²) < 4.78 is 5.54. The molecule has 18 heavy (non-hydrogen) atoms. The lowest BCUT2D eigenvalue weighted by Gasteiger charge is -2.33. The standard InChI is InChI=1S/C12H22N2O3S/c1-3-17-10-4-6-14(7-5-10)12(16)11(8-18)13-9(2)15/h10-11,18H,3-8H2,1-2H3,(H,13,15). The molecule has 0 bridgehead atoms. The number of hydrogen-bond donors (Lipinski definition) is 2. The van der Waals surface area contributed by atoms with Gasteiger partial charge in [0.2, 0.25) is 11.8 Å². The Morgan fingerprint density at radius 1 is 1.44 bits per heavy atom. The lowest BCUT2D eigenvalue weighted by atomic mass is 10.1. The number of piperidine rings is 1. The minimum Gasteiger partial charge on any atom is -0.378 e. The van der Waals surface area contributed by atoms with Crippen molar-refractivity contribution < 1.29 is 14.3 Å². The Hall–Kier alpha value is -0.750. The molecule has 1 unspecified atom stereocenters. The van der Waals surface area contributed by atoms with Crippen molar-refractivity contribution in [3.63, 3.8) is 0 Å². The first kappa shape index (κ1) is 15.3. The number of hydrogen-bond acceptors (Lipinski definition) is 4. The van der Waals surface area contributed by atoms with Gasteiger partial charge in [-0.1, -0.05) is 0 Å². The van der Waals surface area contributed by atoms with Gasteiger partial charge in [-0.25, -0.2) is 0 Å². The Balaban J connectivity index is 2.45. The van der Waals surface area contributed by atoms with Crippen molar-refractivity contribution in [1.82, 2.24) is 10.2 Å². The van der Waals surface area contributed by atoms with Crippen LogP contribution >= 0.6 is 12.6 Å². The number of nitrogens with zero attached hydrogens (tertiary/aromatic N) is 1. The summed E-state index contributed by atoms with van der Waals surface area (Å²) in [6, 6.07) is -0.519. The monoisotopic (exact) mass is 274 g/mol. The molecule has 104 valence electrons. The van der Waals surface area contributed by atoms with Gasteiger partial charge in [-0.3, -0.25) is 9.59 Å². The van der Waals surface area contributed by atoms with Crippen LogP contribution in [0, 0.1) is 0 Å². The topological polar surface area (TPSA) is 58.6 Å². The molecular weight excluding hydrogens is 252 g/mol. The van der Waals surface area contributed by atoms with Crippen LogP contribution in [0.25, 0.3) is 0 Å². The van der Waals surface area contributed by atoms with Gasteiger partial charge in [0.05, 0.1) is 6.10 Å². The SMILES string of the molecule is CCOC1CCN(C(=O)C(CS)NC(C)=O)CC1. The van der Waals surface area contributed by atoms with Gasteiger partial charge < -0.3 is 15.0 Å². The molecule has 1 aliphatic rings. The third-order valence-electron chi connectivity index (χ3n) is 3.01. The predicted octanol–water partition coefficient (Wildman–Crippen LogP) is 0.448. The molecule has 0 aromatic carbocycles. The van der Waals surface area contributed by atoms with Crippen LogP contribution in [-0.2, 0) is 14.3 Å². The molecule has 0 saturated carbocycles. The highest BCUT2D eigenvalue weighted by Gasteiger charge is 2.28. The van der Waals surface area contributed by atoms with Gasteiger partial charge in [-0.2, -0.15) is 12.6 Å². The van der Waals surface area contributed by atoms with E-state index in [0.29, 0.717) is 25.4 Å². The number of carbonyl (C=O) groups is 2. The molecule has 0 radical (unpaired) electrons. The highest BCUT2D eigenvalue weighted by Crippen LogP contribution is 2.14. The van der Waals surface area contributed by atoms with E-state index in [0.717, 1.165) is 12.8 Å². The zero-order valence-electron chi connectivity index (χ0n) is 11.0. The van der Waals surface area contributed by atoms with Gasteiger partial charge in [0.15, 0.2) is 0 Å². The number of nitrogens with one attached hydrogen (secondary N) is 1. The van der Waals surface area contributed by atoms with Gasteiger partial charge >= 0.3 is 0 Å². The predicted molar refractivity (Wildman–Crippen MR) is 72.7 cm³/mol. The van der Waals surface area contributed by atoms with Gasteiger partial charge in [0.25, 0.3) is 0 Å². The van der Waals surface area contributed by atoms with Crippen molar-refractivity contribution in [2.75, 3.05) is 25.4 Å². The van der Waals surface area contributed by atoms with E-state index in [4.69, 9.17) is 4.74 Å². The largest absolute Gasteiger partial charge is 0.378 e. The summed E-state index contributed by atoms with van der Waals surface area (Å²) in [7, 11) is 0. The van der Waals surface area contributed by atoms with Crippen LogP contribution < -0.4 is 5.32 Å². The number of thiol groups is 1. The highest BCUT2D eigenvalue weighted by atomic mass is 32.1. The van der Waals surface area contributed by atoms with E-state index in [1.807, 2.05) is 6.92 Å². The van der Waals surface area contributed by atoms with Gasteiger partial charge in [-0.15, -0.1) is 0 Å². The van der Waals surface area contributed by atoms with Gasteiger partial charge in [0.1, 0.15) is 6.04 Å². The van der Waals surface area contributed by atoms with Gasteiger partial charge in [0, 0.05) is 32.4 Å². The summed E-state index contributed by atoms with van der Waals surface area (Å²) in [5, 5.41) is 2.63. The second-order valence-electron chi connectivity index (χ2n) is 4.42. The van der Waals surface area contributed by atoms with Crippen LogP contribution in [-0.4, -0.2) is 54.3 Å². The molecule has 1 atom stereocenters. The molecule has 5 nitrogen and oxygen atoms in total. The molecule has 1 rings (SSSR count). The number of rotatable bonds is 5. The number of carbonyl (C=O) groups excluding carboxylic acids is 2. The zero-order chi connectivity index (χ0) is 13.5. The normalized spacial score (nSPS) is 18.5. The number of amides is 2. The lowest BCUT2D eigenvalue weighted by molar-refractivity contribution is -0.137. The van der Waals surface area contributed by atoms with Crippen LogP contribution in [0.5, 0.6) is 0 Å². The van der Waals surface area contributed by atoms with Crippen molar-refractivity contribution >= 4 is 24.4 Å². The van der Waals surface area contributed by atoms with E-state index in [2.05, 4.69) is 17.9 Å². The quantitative estimate of drug-likeness (QED) is 0.716. The lowest BCUT2D eigenvalue weighted by Crippen LogP contribution is -2.51. The third kappa shape index (κ3) is 4.49. The molecular formula is C12H22N2O3S. The first-order valence-electron chi connectivity index (χ1n) is 6.36. The molecule has 1 aliphatic heterocycles. The highest BCUT2D eigenvalue weighted by molar-refractivity contribution is 7.80. The molecule has 6 heteroatoms. The van der Waals surface area contributed by atoms with Crippen LogP contribution in [0.3, 0.4) is 0 Å². The second-order valence-corrected chi connectivity index (χ2v) is 4.78. The maximum Gasteiger partial charge on any atom is 0.245 e. The zero-order valence-corrected chi connectivity index (χ0v) is 11.9. The first-order chi connectivity index (χ1) is 8.58. The second kappa shape index (κ2) is 7.63. The molecule has 1 N–H and O–H groups in total. The Bertz CT molecular complexity index is 291. The average molecular weight is 274 g/mol. The smallest absolute Gasteiger partial charge is 0.245 e. The fourth-order valence-electron chi connectivity index (χ4n) is 2.13. The molecule has 1 fully saturated rings. The van der Waals surface area contributed by atoms with E-state index in [-0.39, 0.29) is 17.9 Å². The minimum atomic E-state index is -0.519. The number of likely N-dealkylation sites (tertiary alicyclic amines) is 1. The first-order valence-corrected chi connectivity index (χ1v) is 7.00. The molecule has 0 aromatic rings. The third-order valence-corrected chi connectivity index (χ3v) is 3.38. The summed E-state index contributed by atoms with van der Waals surface area (Å²) in [5.41, 5.74) is 0. The van der Waals surface area contributed by atoms with Crippen molar-refractivity contribution in [3.05, 3.63) is 0 Å². The molecule has 1 heterocycles. The van der Waals surface area contributed by atoms with Crippen molar-refractivity contribution in [2.24, 2.45) is 0 Å².